The Hall–Kier alpha value is -2.02. The second kappa shape index (κ2) is 10.2. The first-order chi connectivity index (χ1) is 22.0. The van der Waals surface area contributed by atoms with Gasteiger partial charge in [0.2, 0.25) is 0 Å². The zero-order chi connectivity index (χ0) is 32.4. The molecule has 7 fully saturated rings. The Morgan fingerprint density at radius 2 is 1.96 bits per heavy atom. The lowest BCUT2D eigenvalue weighted by Gasteiger charge is -2.69. The molecular weight excluding hydrogens is 603 g/mol. The first-order valence-electron chi connectivity index (χ1n) is 16.6. The molecule has 0 N–H and O–H groups in total. The van der Waals surface area contributed by atoms with Crippen LogP contribution in [0.1, 0.15) is 50.7 Å². The van der Waals surface area contributed by atoms with Gasteiger partial charge in [-0.05, 0) is 60.9 Å². The van der Waals surface area contributed by atoms with Gasteiger partial charge in [0.25, 0.3) is 0 Å². The molecule has 7 bridgehead atoms. The van der Waals surface area contributed by atoms with Crippen LogP contribution in [0.2, 0.25) is 0 Å². The summed E-state index contributed by atoms with van der Waals surface area (Å²) in [5, 5.41) is 0. The predicted octanol–water partition coefficient (Wildman–Crippen LogP) is 4.95. The van der Waals surface area contributed by atoms with Crippen molar-refractivity contribution in [1.29, 1.82) is 0 Å². The summed E-state index contributed by atoms with van der Waals surface area (Å²) in [6, 6.07) is 4.79. The van der Waals surface area contributed by atoms with Crippen LogP contribution in [0.5, 0.6) is 0 Å². The Balaban J connectivity index is 1.29. The minimum atomic E-state index is -4.48. The number of likely N-dealkylation sites (tertiary alicyclic amines) is 1. The standard InChI is InChI=1S/C35H44F3NO7/c1-6-39-17-31(2)13-12-24(42-4)33-22-15-21-23(41-3)16-32(26(22)27(21)43-5)34(30(33)39,45-18-44-32)29(28(31)33)46-25(40)11-10-19-8-7-9-20(14-19)35(36,37)38/h7-11,14,21-24,26-30H,6,12-13,15-18H2,1-5H3/b11-10+/t21-,22-,23+,24+,26-,27+,28-,29+,30-,31+,32-,33+,34+/m1/s1. The summed E-state index contributed by atoms with van der Waals surface area (Å²) in [5.74, 6) is -0.333. The van der Waals surface area contributed by atoms with Gasteiger partial charge in [-0.2, -0.15) is 13.2 Å². The molecule has 7 aliphatic rings. The van der Waals surface area contributed by atoms with E-state index in [0.29, 0.717) is 6.42 Å². The third kappa shape index (κ3) is 3.60. The topological polar surface area (TPSA) is 75.7 Å². The van der Waals surface area contributed by atoms with Gasteiger partial charge in [0.15, 0.2) is 5.60 Å². The molecule has 0 unspecified atom stereocenters. The number of fused-ring (bicyclic) bond motifs is 1. The highest BCUT2D eigenvalue weighted by Gasteiger charge is 2.94. The summed E-state index contributed by atoms with van der Waals surface area (Å²) < 4.78 is 79.8. The van der Waals surface area contributed by atoms with Gasteiger partial charge in [0.1, 0.15) is 18.5 Å². The number of ether oxygens (including phenoxy) is 6. The smallest absolute Gasteiger partial charge is 0.416 e. The molecule has 0 aromatic heterocycles. The molecule has 2 aliphatic heterocycles. The molecule has 8 rings (SSSR count). The zero-order valence-electron chi connectivity index (χ0n) is 27.0. The van der Waals surface area contributed by atoms with Gasteiger partial charge in [-0.25, -0.2) is 4.79 Å². The van der Waals surface area contributed by atoms with E-state index in [1.54, 1.807) is 21.3 Å². The van der Waals surface area contributed by atoms with Gasteiger partial charge in [-0.1, -0.05) is 26.0 Å². The number of halogens is 3. The number of hydrogen-bond donors (Lipinski definition) is 0. The van der Waals surface area contributed by atoms with Crippen molar-refractivity contribution in [1.82, 2.24) is 4.90 Å². The van der Waals surface area contributed by atoms with Crippen molar-refractivity contribution in [2.75, 3.05) is 41.2 Å². The maximum atomic E-state index is 13.9. The van der Waals surface area contributed by atoms with Crippen molar-refractivity contribution in [3.63, 3.8) is 0 Å². The molecule has 2 saturated heterocycles. The molecule has 5 saturated carbocycles. The van der Waals surface area contributed by atoms with Crippen LogP contribution >= 0.6 is 0 Å². The highest BCUT2D eigenvalue weighted by atomic mass is 19.4. The number of hydrogen-bond acceptors (Lipinski definition) is 8. The van der Waals surface area contributed by atoms with Crippen LogP contribution in [0.3, 0.4) is 0 Å². The maximum Gasteiger partial charge on any atom is 0.416 e. The SMILES string of the molecule is CCN1C[C@]2(C)CC[C@H](OC)[C@]34[C@@H]5C[C@H]6[C@H](OC)[C@@H]5[C@@]5(C[C@@H]6OC)OCO[C@]5([C@H]13)[C@@H](OC(=O)/C=C/c1cccc(C(F)(F)F)c1)[C@H]24. The second-order valence-electron chi connectivity index (χ2n) is 15.0. The van der Waals surface area contributed by atoms with Crippen LogP contribution in [0.25, 0.3) is 6.08 Å². The molecule has 3 spiro atoms. The maximum absolute atomic E-state index is 13.9. The molecule has 8 nitrogen and oxygen atoms in total. The van der Waals surface area contributed by atoms with E-state index in [0.717, 1.165) is 44.5 Å². The predicted molar refractivity (Wildman–Crippen MR) is 159 cm³/mol. The molecule has 11 heteroatoms. The van der Waals surface area contributed by atoms with E-state index in [1.807, 2.05) is 0 Å². The van der Waals surface area contributed by atoms with E-state index < -0.39 is 40.4 Å². The van der Waals surface area contributed by atoms with Crippen LogP contribution in [0.15, 0.2) is 30.3 Å². The molecule has 1 aromatic carbocycles. The van der Waals surface area contributed by atoms with Crippen LogP contribution < -0.4 is 0 Å². The molecule has 0 radical (unpaired) electrons. The molecule has 1 aromatic rings. The van der Waals surface area contributed by atoms with Crippen LogP contribution in [-0.4, -0.2) is 93.7 Å². The second-order valence-corrected chi connectivity index (χ2v) is 15.0. The van der Waals surface area contributed by atoms with E-state index >= 15 is 0 Å². The molecule has 252 valence electrons. The van der Waals surface area contributed by atoms with E-state index in [9.17, 15) is 18.0 Å². The summed E-state index contributed by atoms with van der Waals surface area (Å²) in [6.07, 6.45) is 0.482. The first kappa shape index (κ1) is 31.3. The number of likely N-dealkylation sites (N-methyl/N-ethyl adjacent to an activating group) is 1. The minimum Gasteiger partial charge on any atom is -0.456 e. The molecule has 0 amide bonds. The number of methoxy groups -OCH3 is 3. The summed E-state index contributed by atoms with van der Waals surface area (Å²) in [4.78, 5) is 16.5. The van der Waals surface area contributed by atoms with E-state index in [1.165, 1.54) is 24.3 Å². The van der Waals surface area contributed by atoms with Gasteiger partial charge in [0, 0.05) is 63.5 Å². The Kier molecular flexibility index (Phi) is 6.96. The van der Waals surface area contributed by atoms with Crippen molar-refractivity contribution >= 4 is 12.0 Å². The number of alkyl halides is 3. The lowest BCUT2D eigenvalue weighted by atomic mass is 9.43. The monoisotopic (exact) mass is 647 g/mol. The highest BCUT2D eigenvalue weighted by molar-refractivity contribution is 5.87. The fraction of sp³-hybridized carbons (Fsp3) is 0.743. The van der Waals surface area contributed by atoms with E-state index in [4.69, 9.17) is 28.4 Å². The minimum absolute atomic E-state index is 0.00342. The lowest BCUT2D eigenvalue weighted by Crippen LogP contribution is -2.81. The molecule has 46 heavy (non-hydrogen) atoms. The summed E-state index contributed by atoms with van der Waals surface area (Å²) >= 11 is 0. The average molecular weight is 648 g/mol. The average Bonchev–Trinajstić information content (AvgIpc) is 3.62. The molecule has 2 heterocycles. The number of carbonyl (C=O) groups is 1. The number of nitrogens with zero attached hydrogens (tertiary/aromatic N) is 1. The first-order valence-corrected chi connectivity index (χ1v) is 16.6. The van der Waals surface area contributed by atoms with Crippen molar-refractivity contribution < 1.29 is 46.4 Å². The van der Waals surface area contributed by atoms with Gasteiger partial charge < -0.3 is 28.4 Å². The van der Waals surface area contributed by atoms with Crippen LogP contribution in [0.4, 0.5) is 13.2 Å². The lowest BCUT2D eigenvalue weighted by molar-refractivity contribution is -0.282. The summed E-state index contributed by atoms with van der Waals surface area (Å²) in [6.45, 7) is 6.22. The van der Waals surface area contributed by atoms with E-state index in [-0.39, 0.29) is 65.8 Å². The number of benzene rings is 1. The third-order valence-corrected chi connectivity index (χ3v) is 13.7. The highest BCUT2D eigenvalue weighted by Crippen LogP contribution is 2.82. The largest absolute Gasteiger partial charge is 0.456 e. The molecular formula is C35H44F3NO7. The Morgan fingerprint density at radius 1 is 1.15 bits per heavy atom. The van der Waals surface area contributed by atoms with Crippen molar-refractivity contribution in [3.05, 3.63) is 41.5 Å². The number of piperidine rings is 1. The van der Waals surface area contributed by atoms with Gasteiger partial charge in [-0.3, -0.25) is 4.90 Å². The van der Waals surface area contributed by atoms with Crippen LogP contribution in [0, 0.1) is 34.5 Å². The fourth-order valence-electron chi connectivity index (χ4n) is 12.7. The number of esters is 1. The number of carbonyl (C=O) groups excluding carboxylic acids is 1. The van der Waals surface area contributed by atoms with Crippen molar-refractivity contribution in [2.45, 2.75) is 87.4 Å². The molecule has 13 atom stereocenters. The Labute approximate surface area is 267 Å². The fourth-order valence-corrected chi connectivity index (χ4v) is 12.7. The van der Waals surface area contributed by atoms with Gasteiger partial charge in [-0.15, -0.1) is 0 Å². The van der Waals surface area contributed by atoms with Crippen molar-refractivity contribution in [3.8, 4) is 0 Å². The van der Waals surface area contributed by atoms with Gasteiger partial charge in [0.05, 0.1) is 29.9 Å². The zero-order valence-corrected chi connectivity index (χ0v) is 27.0. The normalized spacial score (nSPS) is 48.6. The van der Waals surface area contributed by atoms with Crippen molar-refractivity contribution in [2.24, 2.45) is 34.5 Å². The molecule has 5 aliphatic carbocycles. The van der Waals surface area contributed by atoms with Gasteiger partial charge >= 0.3 is 12.1 Å². The van der Waals surface area contributed by atoms with E-state index in [2.05, 4.69) is 18.7 Å². The summed E-state index contributed by atoms with van der Waals surface area (Å²) in [7, 11) is 5.33. The summed E-state index contributed by atoms with van der Waals surface area (Å²) in [5.41, 5.74) is -2.95. The quantitative estimate of drug-likeness (QED) is 0.304. The van der Waals surface area contributed by atoms with Crippen LogP contribution in [-0.2, 0) is 39.4 Å². The Bertz CT molecular complexity index is 1440. The number of rotatable bonds is 7. The Morgan fingerprint density at radius 3 is 2.65 bits per heavy atom. The third-order valence-electron chi connectivity index (χ3n) is 13.7.